The molecule has 0 amide bonds. The Hall–Kier alpha value is 0.270. The van der Waals surface area contributed by atoms with Gasteiger partial charge in [-0.05, 0) is 62.7 Å². The molecule has 16 heavy (non-hydrogen) atoms. The van der Waals surface area contributed by atoms with Gasteiger partial charge in [-0.1, -0.05) is 6.92 Å². The van der Waals surface area contributed by atoms with Crippen molar-refractivity contribution in [3.63, 3.8) is 0 Å². The first kappa shape index (κ1) is 12.7. The Morgan fingerprint density at radius 3 is 2.69 bits per heavy atom. The Morgan fingerprint density at radius 1 is 1.25 bits per heavy atom. The summed E-state index contributed by atoms with van der Waals surface area (Å²) in [5, 5.41) is 3.54. The summed E-state index contributed by atoms with van der Waals surface area (Å²) in [4.78, 5) is 2.75. The van der Waals surface area contributed by atoms with Crippen molar-refractivity contribution in [2.75, 3.05) is 37.7 Å². The van der Waals surface area contributed by atoms with Crippen molar-refractivity contribution in [1.82, 2.24) is 10.2 Å². The highest BCUT2D eigenvalue weighted by atomic mass is 32.2. The van der Waals surface area contributed by atoms with E-state index in [9.17, 15) is 0 Å². The molecule has 2 heterocycles. The molecule has 0 bridgehead atoms. The normalized spacial score (nSPS) is 28.5. The molecule has 0 aromatic rings. The van der Waals surface area contributed by atoms with Crippen LogP contribution in [-0.2, 0) is 0 Å². The third-order valence-corrected chi connectivity index (χ3v) is 5.05. The van der Waals surface area contributed by atoms with Crippen LogP contribution in [0, 0.1) is 5.92 Å². The second-order valence-electron chi connectivity index (χ2n) is 5.14. The smallest absolute Gasteiger partial charge is 0.0111 e. The Kier molecular flexibility index (Phi) is 5.46. The lowest BCUT2D eigenvalue weighted by atomic mass is 9.97. The molecule has 1 atom stereocenters. The molecule has 0 spiro atoms. The Labute approximate surface area is 105 Å². The van der Waals surface area contributed by atoms with E-state index in [1.54, 1.807) is 0 Å². The van der Waals surface area contributed by atoms with Crippen molar-refractivity contribution >= 4 is 11.8 Å². The summed E-state index contributed by atoms with van der Waals surface area (Å²) in [6.45, 7) is 7.39. The van der Waals surface area contributed by atoms with Gasteiger partial charge in [0, 0.05) is 12.6 Å². The molecule has 1 unspecified atom stereocenters. The molecule has 2 nitrogen and oxygen atoms in total. The molecule has 2 rings (SSSR count). The van der Waals surface area contributed by atoms with Crippen molar-refractivity contribution in [3.05, 3.63) is 0 Å². The van der Waals surface area contributed by atoms with Gasteiger partial charge < -0.3 is 10.2 Å². The van der Waals surface area contributed by atoms with Gasteiger partial charge in [-0.15, -0.1) is 0 Å². The van der Waals surface area contributed by atoms with Gasteiger partial charge in [0.05, 0.1) is 0 Å². The minimum atomic E-state index is 0.883. The number of nitrogens with one attached hydrogen (secondary N) is 1. The molecule has 2 saturated heterocycles. The van der Waals surface area contributed by atoms with Crippen LogP contribution in [0.25, 0.3) is 0 Å². The predicted octanol–water partition coefficient (Wildman–Crippen LogP) is 2.20. The maximum Gasteiger partial charge on any atom is 0.0111 e. The quantitative estimate of drug-likeness (QED) is 0.814. The van der Waals surface area contributed by atoms with Gasteiger partial charge in [0.1, 0.15) is 0 Å². The second-order valence-corrected chi connectivity index (χ2v) is 6.37. The van der Waals surface area contributed by atoms with E-state index < -0.39 is 0 Å². The zero-order valence-electron chi connectivity index (χ0n) is 10.6. The number of nitrogens with zero attached hydrogens (tertiary/aromatic N) is 1. The minimum absolute atomic E-state index is 0.883. The summed E-state index contributed by atoms with van der Waals surface area (Å²) < 4.78 is 0. The molecule has 2 aliphatic heterocycles. The molecule has 2 fully saturated rings. The van der Waals surface area contributed by atoms with E-state index in [1.807, 2.05) is 0 Å². The van der Waals surface area contributed by atoms with Gasteiger partial charge in [-0.2, -0.15) is 11.8 Å². The zero-order valence-corrected chi connectivity index (χ0v) is 11.4. The summed E-state index contributed by atoms with van der Waals surface area (Å²) in [6.07, 6.45) is 5.64. The largest absolute Gasteiger partial charge is 0.316 e. The number of thioether (sulfide) groups is 1. The van der Waals surface area contributed by atoms with E-state index in [1.165, 1.54) is 63.4 Å². The molecule has 0 aromatic heterocycles. The maximum atomic E-state index is 3.54. The van der Waals surface area contributed by atoms with Crippen LogP contribution in [0.1, 0.15) is 32.6 Å². The van der Waals surface area contributed by atoms with Gasteiger partial charge in [-0.25, -0.2) is 0 Å². The Balaban J connectivity index is 1.78. The van der Waals surface area contributed by atoms with Gasteiger partial charge in [0.25, 0.3) is 0 Å². The molecule has 3 heteroatoms. The molecule has 0 saturated carbocycles. The molecule has 94 valence electrons. The summed E-state index contributed by atoms with van der Waals surface area (Å²) in [6, 6.07) is 0.883. The Morgan fingerprint density at radius 2 is 2.06 bits per heavy atom. The Bertz CT molecular complexity index is 186. The SMILES string of the molecule is CCN(CC1CCCNC1)C1CCSCC1. The average Bonchev–Trinajstić information content (AvgIpc) is 2.38. The first-order chi connectivity index (χ1) is 7.90. The lowest BCUT2D eigenvalue weighted by molar-refractivity contribution is 0.153. The van der Waals surface area contributed by atoms with E-state index in [2.05, 4.69) is 28.9 Å². The highest BCUT2D eigenvalue weighted by Gasteiger charge is 2.23. The van der Waals surface area contributed by atoms with Gasteiger partial charge in [0.2, 0.25) is 0 Å². The topological polar surface area (TPSA) is 15.3 Å². The van der Waals surface area contributed by atoms with Crippen LogP contribution < -0.4 is 5.32 Å². The fraction of sp³-hybridized carbons (Fsp3) is 1.00. The first-order valence-electron chi connectivity index (χ1n) is 6.92. The second kappa shape index (κ2) is 6.87. The number of rotatable bonds is 4. The van der Waals surface area contributed by atoms with E-state index in [0.717, 1.165) is 12.0 Å². The first-order valence-corrected chi connectivity index (χ1v) is 8.08. The lowest BCUT2D eigenvalue weighted by Gasteiger charge is -2.36. The third kappa shape index (κ3) is 3.64. The van der Waals surface area contributed by atoms with Crippen LogP contribution in [0.3, 0.4) is 0 Å². The number of piperidine rings is 1. The van der Waals surface area contributed by atoms with Crippen LogP contribution in [0.5, 0.6) is 0 Å². The highest BCUT2D eigenvalue weighted by Crippen LogP contribution is 2.23. The van der Waals surface area contributed by atoms with Gasteiger partial charge in [-0.3, -0.25) is 0 Å². The van der Waals surface area contributed by atoms with Crippen LogP contribution in [0.2, 0.25) is 0 Å². The van der Waals surface area contributed by atoms with Crippen LogP contribution in [0.15, 0.2) is 0 Å². The van der Waals surface area contributed by atoms with Crippen molar-refractivity contribution in [2.24, 2.45) is 5.92 Å². The fourth-order valence-corrected chi connectivity index (χ4v) is 4.08. The summed E-state index contributed by atoms with van der Waals surface area (Å²) >= 11 is 2.13. The molecular weight excluding hydrogens is 216 g/mol. The van der Waals surface area contributed by atoms with E-state index in [-0.39, 0.29) is 0 Å². The van der Waals surface area contributed by atoms with Crippen molar-refractivity contribution in [1.29, 1.82) is 0 Å². The summed E-state index contributed by atoms with van der Waals surface area (Å²) in [5.41, 5.74) is 0. The predicted molar refractivity (Wildman–Crippen MR) is 73.2 cm³/mol. The lowest BCUT2D eigenvalue weighted by Crippen LogP contribution is -2.44. The summed E-state index contributed by atoms with van der Waals surface area (Å²) in [5.74, 6) is 3.66. The van der Waals surface area contributed by atoms with E-state index >= 15 is 0 Å². The third-order valence-electron chi connectivity index (χ3n) is 4.01. The van der Waals surface area contributed by atoms with Gasteiger partial charge in [0.15, 0.2) is 0 Å². The van der Waals surface area contributed by atoms with E-state index in [4.69, 9.17) is 0 Å². The number of hydrogen-bond acceptors (Lipinski definition) is 3. The highest BCUT2D eigenvalue weighted by molar-refractivity contribution is 7.99. The van der Waals surface area contributed by atoms with Crippen molar-refractivity contribution in [3.8, 4) is 0 Å². The monoisotopic (exact) mass is 242 g/mol. The molecule has 0 radical (unpaired) electrons. The maximum absolute atomic E-state index is 3.54. The molecule has 0 aromatic carbocycles. The van der Waals surface area contributed by atoms with Crippen LogP contribution >= 0.6 is 11.8 Å². The van der Waals surface area contributed by atoms with Gasteiger partial charge >= 0.3 is 0 Å². The number of hydrogen-bond donors (Lipinski definition) is 1. The fourth-order valence-electron chi connectivity index (χ4n) is 3.00. The zero-order chi connectivity index (χ0) is 11.2. The average molecular weight is 242 g/mol. The molecule has 0 aliphatic carbocycles. The summed E-state index contributed by atoms with van der Waals surface area (Å²) in [7, 11) is 0. The molecule has 1 N–H and O–H groups in total. The van der Waals surface area contributed by atoms with Crippen LogP contribution in [0.4, 0.5) is 0 Å². The molecule has 2 aliphatic rings. The van der Waals surface area contributed by atoms with Crippen molar-refractivity contribution in [2.45, 2.75) is 38.6 Å². The molecular formula is C13H26N2S. The van der Waals surface area contributed by atoms with Crippen molar-refractivity contribution < 1.29 is 0 Å². The minimum Gasteiger partial charge on any atom is -0.316 e. The van der Waals surface area contributed by atoms with Crippen LogP contribution in [-0.4, -0.2) is 48.6 Å². The van der Waals surface area contributed by atoms with E-state index in [0.29, 0.717) is 0 Å². The standard InChI is InChI=1S/C13H26N2S/c1-2-15(13-5-8-16-9-6-13)11-12-4-3-7-14-10-12/h12-14H,2-11H2,1H3.